The predicted octanol–water partition coefficient (Wildman–Crippen LogP) is 25.3. The Balaban J connectivity index is 0.000000193. The fourth-order valence-corrected chi connectivity index (χ4v) is 16.9. The lowest BCUT2D eigenvalue weighted by Crippen LogP contribution is -2.31. The third-order valence-corrected chi connectivity index (χ3v) is 25.0. The Morgan fingerprint density at radius 1 is 0.375 bits per heavy atom. The maximum atomic E-state index is 13.1. The molecule has 22 nitrogen and oxygen atoms in total. The first kappa shape index (κ1) is 113. The summed E-state index contributed by atoms with van der Waals surface area (Å²) in [5.41, 5.74) is 19.5. The molecule has 2 atom stereocenters. The number of anilines is 6. The van der Waals surface area contributed by atoms with Gasteiger partial charge in [-0.2, -0.15) is 16.8 Å². The Morgan fingerprint density at radius 3 is 1.12 bits per heavy atom. The fourth-order valence-electron chi connectivity index (χ4n) is 15.8. The first-order valence-corrected chi connectivity index (χ1v) is 53.4. The molecule has 12 aromatic rings. The highest BCUT2D eigenvalue weighted by Gasteiger charge is 2.29. The number of fused-ring (bicyclic) bond motifs is 1. The van der Waals surface area contributed by atoms with Gasteiger partial charge in [-0.1, -0.05) is 323 Å². The van der Waals surface area contributed by atoms with Crippen molar-refractivity contribution in [1.29, 1.82) is 0 Å². The van der Waals surface area contributed by atoms with E-state index < -0.39 is 30.9 Å². The lowest BCUT2D eigenvalue weighted by Gasteiger charge is -2.23. The number of nitrogens with one attached hydrogen (secondary N) is 5. The summed E-state index contributed by atoms with van der Waals surface area (Å²) in [4.78, 5) is 87.9. The highest BCUT2D eigenvalue weighted by molar-refractivity contribution is 7.86. The van der Waals surface area contributed by atoms with Gasteiger partial charge >= 0.3 is 10.1 Å². The molecule has 6 amide bonds. The SMILES string of the molecule is CCCCc1ccc(N(C)C(=O)Cc2ccccc2)cc1.CCCCc1ccc(N(Cc2ccccc2)C(=O)Cc2ccccc2)cc1.CCCCc1ccc(NC(=O)CC2=CNC3C=CC=CC23)cc1.CCCCc1ccc(NC(=O)Cc2ccc([N+](=O)[O-])cc2)cc1.CCCCc1ccc(NC(=O)Cc2cccc(CS(=O)(=O)O)c2)cc1.CCCCc1ccc(NC(=O)Cc2ccccc2OS(C)(=O)=O)cc1. The molecule has 12 aromatic carbocycles. The highest BCUT2D eigenvalue weighted by atomic mass is 32.2. The van der Waals surface area contributed by atoms with Crippen LogP contribution in [0.2, 0.25) is 0 Å². The number of nitro benzene ring substituents is 1. The zero-order valence-electron chi connectivity index (χ0n) is 84.3. The van der Waals surface area contributed by atoms with Crippen molar-refractivity contribution in [2.75, 3.05) is 44.4 Å². The van der Waals surface area contributed by atoms with Gasteiger partial charge in [0, 0.05) is 64.8 Å². The molecule has 0 radical (unpaired) electrons. The van der Waals surface area contributed by atoms with Gasteiger partial charge in [0.05, 0.1) is 62.3 Å². The monoisotopic (exact) mass is 1980 g/mol. The lowest BCUT2D eigenvalue weighted by atomic mass is 9.89. The number of likely N-dealkylation sites (N-methyl/N-ethyl adjacent to an activating group) is 1. The van der Waals surface area contributed by atoms with Gasteiger partial charge in [0.25, 0.3) is 15.8 Å². The number of nitrogens with zero attached hydrogens (tertiary/aromatic N) is 3. The molecular formula is C120H140N8O14S2. The number of rotatable bonds is 43. The molecule has 0 saturated heterocycles. The maximum Gasteiger partial charge on any atom is 0.306 e. The topological polar surface area (TPSA) is 310 Å². The summed E-state index contributed by atoms with van der Waals surface area (Å²) in [6.07, 6.45) is 33.5. The van der Waals surface area contributed by atoms with Gasteiger partial charge in [0.2, 0.25) is 35.4 Å². The fraction of sp³-hybridized carbons (Fsp3) is 0.300. The number of allylic oxidation sites excluding steroid dienone is 2. The van der Waals surface area contributed by atoms with E-state index in [0.717, 1.165) is 140 Å². The first-order valence-electron chi connectivity index (χ1n) is 50.0. The Bertz CT molecular complexity index is 6310. The quantitative estimate of drug-likeness (QED) is 0.00896. The van der Waals surface area contributed by atoms with Crippen LogP contribution in [0, 0.1) is 16.0 Å². The molecule has 1 heterocycles. The lowest BCUT2D eigenvalue weighted by molar-refractivity contribution is -0.384. The third kappa shape index (κ3) is 42.8. The van der Waals surface area contributed by atoms with Gasteiger partial charge in [-0.05, 0) is 234 Å². The molecule has 1 aliphatic heterocycles. The first-order chi connectivity index (χ1) is 69.5. The summed E-state index contributed by atoms with van der Waals surface area (Å²) >= 11 is 0. The minimum Gasteiger partial charge on any atom is -0.384 e. The van der Waals surface area contributed by atoms with E-state index in [0.29, 0.717) is 60.1 Å². The largest absolute Gasteiger partial charge is 0.384 e. The molecule has 6 N–H and O–H groups in total. The molecule has 756 valence electrons. The van der Waals surface area contributed by atoms with Crippen LogP contribution in [0.4, 0.5) is 39.8 Å². The van der Waals surface area contributed by atoms with Crippen molar-refractivity contribution in [2.45, 2.75) is 214 Å². The number of carbonyl (C=O) groups excluding carboxylic acids is 6. The van der Waals surface area contributed by atoms with E-state index in [2.05, 4.69) is 147 Å². The van der Waals surface area contributed by atoms with Crippen LogP contribution in [0.3, 0.4) is 0 Å². The summed E-state index contributed by atoms with van der Waals surface area (Å²) in [6.45, 7) is 13.7. The molecule has 0 fully saturated rings. The van der Waals surface area contributed by atoms with Gasteiger partial charge in [0.15, 0.2) is 0 Å². The zero-order chi connectivity index (χ0) is 103. The van der Waals surface area contributed by atoms with Crippen molar-refractivity contribution in [2.24, 2.45) is 5.92 Å². The van der Waals surface area contributed by atoms with Crippen LogP contribution in [0.1, 0.15) is 197 Å². The summed E-state index contributed by atoms with van der Waals surface area (Å²) in [6, 6.07) is 97.9. The standard InChI is InChI=1S/C25H27NO.C20H24N2O.2C19H23NO4S.C19H23NO.C18H20N2O3/c1-2-3-10-21-15-17-24(18-16-21)26(20-23-13-8-5-9-14-23)25(27)19-22-11-6-4-7-12-22;1-2-3-6-15-9-11-17(12-10-15)22-20(23)13-16-14-21-19-8-5-4-7-18(16)19;1-3-4-7-15-10-12-17(13-11-15)20-19(21)14-16-8-5-6-9-18(16)24-25(2,22)23;1-2-3-5-15-8-10-18(11-9-15)20-19(21)13-16-6-4-7-17(12-16)14-25(22,23)24;1-3-4-8-16-11-13-18(14-12-16)20(2)19(21)15-17-9-6-5-7-10-17;1-2-3-4-14-5-9-16(10-6-14)19-18(21)13-15-7-11-17(12-8-15)20(22)23/h4-9,11-18H,2-3,10,19-20H2,1H3;4-5,7-12,14,18-19,21H,2-3,6,13H2,1H3,(H,22,23);5-6,8-13H,3-4,7,14H2,1-2H3,(H,20,21);4,6-12H,2-3,5,13-14H2,1H3,(H,20,21)(H,22,23,24);5-7,9-14H,3-4,8,15H2,1-2H3;5-12H,2-4,13H2,1H3,(H,19,21). The summed E-state index contributed by atoms with van der Waals surface area (Å²) in [7, 11) is -5.88. The molecule has 0 spiro atoms. The highest BCUT2D eigenvalue weighted by Crippen LogP contribution is 2.31. The van der Waals surface area contributed by atoms with Crippen molar-refractivity contribution in [3.63, 3.8) is 0 Å². The molecule has 144 heavy (non-hydrogen) atoms. The van der Waals surface area contributed by atoms with Gasteiger partial charge in [-0.25, -0.2) is 0 Å². The number of unbranched alkanes of at least 4 members (excludes halogenated alkanes) is 6. The molecule has 0 aromatic heterocycles. The maximum absolute atomic E-state index is 13.1. The molecule has 1 aliphatic carbocycles. The van der Waals surface area contributed by atoms with Crippen molar-refractivity contribution in [3.05, 3.63) is 428 Å². The average molecular weight is 1980 g/mol. The number of carbonyl (C=O) groups is 6. The van der Waals surface area contributed by atoms with Gasteiger partial charge in [0.1, 0.15) is 11.5 Å². The van der Waals surface area contributed by atoms with E-state index >= 15 is 0 Å². The average Bonchev–Trinajstić information content (AvgIpc) is 1.76. The Morgan fingerprint density at radius 2 is 0.715 bits per heavy atom. The number of hydrogen-bond donors (Lipinski definition) is 6. The number of nitro groups is 1. The number of aryl methyl sites for hydroxylation is 6. The second-order valence-electron chi connectivity index (χ2n) is 36.0. The molecule has 0 saturated carbocycles. The second-order valence-corrected chi connectivity index (χ2v) is 39.0. The van der Waals surface area contributed by atoms with Crippen molar-refractivity contribution >= 4 is 95.5 Å². The molecule has 14 rings (SSSR count). The van der Waals surface area contributed by atoms with E-state index in [-0.39, 0.29) is 66.1 Å². The van der Waals surface area contributed by atoms with Crippen molar-refractivity contribution in [3.8, 4) is 5.75 Å². The summed E-state index contributed by atoms with van der Waals surface area (Å²) < 4.78 is 58.4. The van der Waals surface area contributed by atoms with E-state index in [1.54, 1.807) is 59.5 Å². The second kappa shape index (κ2) is 61.4. The minimum atomic E-state index is -4.08. The molecule has 24 heteroatoms. The van der Waals surface area contributed by atoms with E-state index in [9.17, 15) is 55.7 Å². The van der Waals surface area contributed by atoms with Gasteiger partial charge < -0.3 is 40.6 Å². The smallest absolute Gasteiger partial charge is 0.306 e. The Kier molecular flexibility index (Phi) is 48.2. The van der Waals surface area contributed by atoms with E-state index in [1.807, 2.05) is 200 Å². The van der Waals surface area contributed by atoms with Crippen molar-refractivity contribution in [1.82, 2.24) is 5.32 Å². The van der Waals surface area contributed by atoms with Crippen LogP contribution in [-0.2, 0) is 132 Å². The number of amides is 6. The van der Waals surface area contributed by atoms with Crippen LogP contribution < -0.4 is 40.6 Å². The number of benzene rings is 12. The van der Waals surface area contributed by atoms with Crippen LogP contribution in [0.25, 0.3) is 0 Å². The molecule has 2 unspecified atom stereocenters. The van der Waals surface area contributed by atoms with E-state index in [1.165, 1.54) is 90.1 Å². The Hall–Kier alpha value is -14.5. The predicted molar refractivity (Wildman–Crippen MR) is 585 cm³/mol. The van der Waals surface area contributed by atoms with Gasteiger partial charge in [-0.3, -0.25) is 43.4 Å². The van der Waals surface area contributed by atoms with Crippen LogP contribution in [-0.4, -0.2) is 81.1 Å². The summed E-state index contributed by atoms with van der Waals surface area (Å²) in [5.74, 6) is -0.243. The van der Waals surface area contributed by atoms with Crippen LogP contribution in [0.15, 0.2) is 345 Å². The zero-order valence-corrected chi connectivity index (χ0v) is 85.9. The van der Waals surface area contributed by atoms with Crippen LogP contribution >= 0.6 is 0 Å². The van der Waals surface area contributed by atoms with Crippen LogP contribution in [0.5, 0.6) is 5.75 Å². The van der Waals surface area contributed by atoms with Gasteiger partial charge in [-0.15, -0.1) is 0 Å². The minimum absolute atomic E-state index is 0.0248. The summed E-state index contributed by atoms with van der Waals surface area (Å²) in [5, 5.41) is 25.4. The number of para-hydroxylation sites is 1. The number of hydrogen-bond acceptors (Lipinski definition) is 14. The molecule has 0 bridgehead atoms. The Labute approximate surface area is 852 Å². The molecular weight excluding hydrogens is 1840 g/mol. The normalized spacial score (nSPS) is 12.5. The van der Waals surface area contributed by atoms with Crippen molar-refractivity contribution < 1.29 is 59.3 Å². The number of non-ortho nitro benzene ring substituents is 1. The molecule has 2 aliphatic rings. The third-order valence-electron chi connectivity index (χ3n) is 23.9. The van der Waals surface area contributed by atoms with E-state index in [4.69, 9.17) is 8.74 Å².